The van der Waals surface area contributed by atoms with Crippen molar-refractivity contribution in [2.45, 2.75) is 47.1 Å². The molecule has 0 aliphatic rings. The number of ether oxygens (including phenoxy) is 2. The van der Waals surface area contributed by atoms with E-state index >= 15 is 0 Å². The average Bonchev–Trinajstić information content (AvgIpc) is 2.81. The molecule has 0 radical (unpaired) electrons. The van der Waals surface area contributed by atoms with Crippen LogP contribution in [0.15, 0.2) is 36.4 Å². The molecule has 6 heteroatoms. The minimum Gasteiger partial charge on any atom is -0.493 e. The lowest BCUT2D eigenvalue weighted by atomic mass is 10.0. The Bertz CT molecular complexity index is 907. The second kappa shape index (κ2) is 12.9. The van der Waals surface area contributed by atoms with Crippen molar-refractivity contribution in [3.8, 4) is 11.5 Å². The molecule has 0 spiro atoms. The molecule has 0 atom stereocenters. The highest BCUT2D eigenvalue weighted by Crippen LogP contribution is 2.28. The number of aryl methyl sites for hydroxylation is 2. The highest BCUT2D eigenvalue weighted by Gasteiger charge is 2.11. The number of hydrogen-bond donors (Lipinski definition) is 1. The first kappa shape index (κ1) is 25.4. The van der Waals surface area contributed by atoms with Crippen LogP contribution in [0.5, 0.6) is 11.5 Å². The third kappa shape index (κ3) is 7.68. The van der Waals surface area contributed by atoms with Crippen molar-refractivity contribution < 1.29 is 19.1 Å². The zero-order valence-electron chi connectivity index (χ0n) is 20.0. The van der Waals surface area contributed by atoms with E-state index in [1.807, 2.05) is 50.2 Å². The minimum atomic E-state index is -0.152. The second-order valence-corrected chi connectivity index (χ2v) is 7.86. The van der Waals surface area contributed by atoms with E-state index in [1.165, 1.54) is 0 Å². The Morgan fingerprint density at radius 2 is 1.69 bits per heavy atom. The molecule has 0 aliphatic carbocycles. The normalized spacial score (nSPS) is 10.8. The molecular formula is C26H36N2O4. The first-order valence-corrected chi connectivity index (χ1v) is 11.3. The number of rotatable bonds is 13. The van der Waals surface area contributed by atoms with E-state index in [4.69, 9.17) is 9.47 Å². The molecule has 174 valence electrons. The van der Waals surface area contributed by atoms with E-state index in [0.717, 1.165) is 36.3 Å². The van der Waals surface area contributed by atoms with Crippen LogP contribution in [-0.4, -0.2) is 49.9 Å². The van der Waals surface area contributed by atoms with Crippen molar-refractivity contribution >= 4 is 11.7 Å². The number of nitrogens with zero attached hydrogens (tertiary/aromatic N) is 1. The Morgan fingerprint density at radius 1 is 0.938 bits per heavy atom. The number of amides is 1. The molecule has 1 amide bonds. The molecule has 0 fully saturated rings. The Morgan fingerprint density at radius 3 is 2.34 bits per heavy atom. The number of carbonyl (C=O) groups excluding carboxylic acids is 2. The van der Waals surface area contributed by atoms with Gasteiger partial charge in [0, 0.05) is 31.5 Å². The van der Waals surface area contributed by atoms with Gasteiger partial charge >= 0.3 is 0 Å². The van der Waals surface area contributed by atoms with Gasteiger partial charge in [0.05, 0.1) is 7.11 Å². The van der Waals surface area contributed by atoms with Gasteiger partial charge in [-0.3, -0.25) is 9.59 Å². The molecule has 0 bridgehead atoms. The number of ketones is 1. The molecule has 0 aromatic heterocycles. The van der Waals surface area contributed by atoms with Crippen molar-refractivity contribution in [2.24, 2.45) is 0 Å². The van der Waals surface area contributed by atoms with Gasteiger partial charge in [-0.15, -0.1) is 0 Å². The average molecular weight is 441 g/mol. The van der Waals surface area contributed by atoms with Crippen LogP contribution in [-0.2, 0) is 11.3 Å². The number of hydrogen-bond acceptors (Lipinski definition) is 5. The molecular weight excluding hydrogens is 404 g/mol. The molecule has 0 unspecified atom stereocenters. The van der Waals surface area contributed by atoms with Crippen LogP contribution >= 0.6 is 0 Å². The molecule has 32 heavy (non-hydrogen) atoms. The number of methoxy groups -OCH3 is 1. The first-order valence-electron chi connectivity index (χ1n) is 11.3. The summed E-state index contributed by atoms with van der Waals surface area (Å²) < 4.78 is 11.3. The van der Waals surface area contributed by atoms with E-state index in [-0.39, 0.29) is 24.5 Å². The number of likely N-dealkylation sites (N-methyl/N-ethyl adjacent to an activating group) is 1. The van der Waals surface area contributed by atoms with Gasteiger partial charge in [-0.1, -0.05) is 32.0 Å². The van der Waals surface area contributed by atoms with Gasteiger partial charge in [0.1, 0.15) is 6.61 Å². The fourth-order valence-corrected chi connectivity index (χ4v) is 3.34. The van der Waals surface area contributed by atoms with Crippen molar-refractivity contribution in [1.82, 2.24) is 10.2 Å². The summed E-state index contributed by atoms with van der Waals surface area (Å²) in [5.74, 6) is 1.16. The molecule has 2 aromatic carbocycles. The summed E-state index contributed by atoms with van der Waals surface area (Å²) in [4.78, 5) is 26.9. The van der Waals surface area contributed by atoms with Gasteiger partial charge in [-0.05, 0) is 61.8 Å². The van der Waals surface area contributed by atoms with Gasteiger partial charge in [-0.2, -0.15) is 0 Å². The van der Waals surface area contributed by atoms with Crippen LogP contribution in [0.4, 0.5) is 0 Å². The third-order valence-corrected chi connectivity index (χ3v) is 5.69. The molecule has 0 saturated heterocycles. The summed E-state index contributed by atoms with van der Waals surface area (Å²) in [7, 11) is 1.60. The zero-order chi connectivity index (χ0) is 23.5. The molecule has 0 heterocycles. The van der Waals surface area contributed by atoms with Crippen molar-refractivity contribution in [3.63, 3.8) is 0 Å². The SMILES string of the molecule is CCN(CC)CCOc1ccc(CNC(=O)CCC(=O)c2ccc(C)c(C)c2)cc1OC. The first-order chi connectivity index (χ1) is 15.4. The Kier molecular flexibility index (Phi) is 10.2. The smallest absolute Gasteiger partial charge is 0.220 e. The maximum atomic E-state index is 12.4. The van der Waals surface area contributed by atoms with E-state index < -0.39 is 0 Å². The van der Waals surface area contributed by atoms with Crippen molar-refractivity contribution in [3.05, 3.63) is 58.7 Å². The van der Waals surface area contributed by atoms with Gasteiger partial charge in [-0.25, -0.2) is 0 Å². The molecule has 2 rings (SSSR count). The summed E-state index contributed by atoms with van der Waals surface area (Å²) in [5.41, 5.74) is 3.79. The van der Waals surface area contributed by atoms with Crippen LogP contribution in [0.1, 0.15) is 53.7 Å². The molecule has 0 aliphatic heterocycles. The topological polar surface area (TPSA) is 67.9 Å². The Labute approximate surface area is 191 Å². The Hall–Kier alpha value is -2.86. The quantitative estimate of drug-likeness (QED) is 0.470. The summed E-state index contributed by atoms with van der Waals surface area (Å²) >= 11 is 0. The molecule has 1 N–H and O–H groups in total. The van der Waals surface area contributed by atoms with Gasteiger partial charge < -0.3 is 19.7 Å². The lowest BCUT2D eigenvalue weighted by Crippen LogP contribution is -2.28. The Balaban J connectivity index is 1.82. The van der Waals surface area contributed by atoms with Crippen LogP contribution in [0.25, 0.3) is 0 Å². The predicted octanol–water partition coefficient (Wildman–Crippen LogP) is 4.31. The van der Waals surface area contributed by atoms with E-state index in [1.54, 1.807) is 7.11 Å². The maximum absolute atomic E-state index is 12.4. The second-order valence-electron chi connectivity index (χ2n) is 7.86. The van der Waals surface area contributed by atoms with Crippen LogP contribution in [0.2, 0.25) is 0 Å². The fourth-order valence-electron chi connectivity index (χ4n) is 3.34. The summed E-state index contributed by atoms with van der Waals surface area (Å²) in [6, 6.07) is 11.3. The lowest BCUT2D eigenvalue weighted by Gasteiger charge is -2.19. The van der Waals surface area contributed by atoms with E-state index in [0.29, 0.717) is 30.2 Å². The largest absolute Gasteiger partial charge is 0.493 e. The zero-order valence-corrected chi connectivity index (χ0v) is 20.0. The maximum Gasteiger partial charge on any atom is 0.220 e. The van der Waals surface area contributed by atoms with Gasteiger partial charge in [0.25, 0.3) is 0 Å². The molecule has 6 nitrogen and oxygen atoms in total. The monoisotopic (exact) mass is 440 g/mol. The number of nitrogens with one attached hydrogen (secondary N) is 1. The predicted molar refractivity (Wildman–Crippen MR) is 128 cm³/mol. The standard InChI is InChI=1S/C26H36N2O4/c1-6-28(7-2)14-15-32-24-12-9-21(17-25(24)31-5)18-27-26(30)13-11-23(29)22-10-8-19(3)20(4)16-22/h8-10,12,16-17H,6-7,11,13-15,18H2,1-5H3,(H,27,30). The molecule has 2 aromatic rings. The minimum absolute atomic E-state index is 0.0175. The van der Waals surface area contributed by atoms with Crippen LogP contribution in [0.3, 0.4) is 0 Å². The van der Waals surface area contributed by atoms with E-state index in [9.17, 15) is 9.59 Å². The van der Waals surface area contributed by atoms with Gasteiger partial charge in [0.15, 0.2) is 17.3 Å². The summed E-state index contributed by atoms with van der Waals surface area (Å²) in [5, 5.41) is 2.88. The molecule has 0 saturated carbocycles. The van der Waals surface area contributed by atoms with Crippen LogP contribution in [0, 0.1) is 13.8 Å². The third-order valence-electron chi connectivity index (χ3n) is 5.69. The number of benzene rings is 2. The number of Topliss-reactive ketones (excluding diaryl/α,β-unsaturated/α-hetero) is 1. The van der Waals surface area contributed by atoms with Crippen molar-refractivity contribution in [1.29, 1.82) is 0 Å². The van der Waals surface area contributed by atoms with Gasteiger partial charge in [0.2, 0.25) is 5.91 Å². The lowest BCUT2D eigenvalue weighted by molar-refractivity contribution is -0.121. The highest BCUT2D eigenvalue weighted by atomic mass is 16.5. The van der Waals surface area contributed by atoms with Crippen LogP contribution < -0.4 is 14.8 Å². The summed E-state index contributed by atoms with van der Waals surface area (Å²) in [6.45, 7) is 12.0. The van der Waals surface area contributed by atoms with Crippen molar-refractivity contribution in [2.75, 3.05) is 33.4 Å². The highest BCUT2D eigenvalue weighted by molar-refractivity contribution is 5.98. The summed E-state index contributed by atoms with van der Waals surface area (Å²) in [6.07, 6.45) is 0.354. The number of carbonyl (C=O) groups is 2. The van der Waals surface area contributed by atoms with E-state index in [2.05, 4.69) is 24.1 Å². The fraction of sp³-hybridized carbons (Fsp3) is 0.462.